The average molecular weight is 521 g/mol. The van der Waals surface area contributed by atoms with Crippen molar-refractivity contribution in [3.63, 3.8) is 0 Å². The van der Waals surface area contributed by atoms with Gasteiger partial charge in [-0.3, -0.25) is 4.79 Å². The van der Waals surface area contributed by atoms with E-state index in [1.165, 1.54) is 19.6 Å². The number of halogens is 1. The van der Waals surface area contributed by atoms with Gasteiger partial charge in [-0.2, -0.15) is 0 Å². The highest BCUT2D eigenvalue weighted by atomic mass is 19.1. The molecule has 5 nitrogen and oxygen atoms in total. The number of phenolic OH excluding ortho intramolecular Hbond substituents is 1. The van der Waals surface area contributed by atoms with Crippen LogP contribution in [0.25, 0.3) is 11.1 Å². The summed E-state index contributed by atoms with van der Waals surface area (Å²) in [7, 11) is 2.96. The molecule has 202 valence electrons. The second-order valence-corrected chi connectivity index (χ2v) is 10.3. The van der Waals surface area contributed by atoms with Gasteiger partial charge in [-0.25, -0.2) is 4.39 Å². The number of ether oxygens (including phenoxy) is 2. The minimum atomic E-state index is -0.662. The Balaban J connectivity index is 1.36. The molecule has 38 heavy (non-hydrogen) atoms. The third kappa shape index (κ3) is 6.18. The lowest BCUT2D eigenvalue weighted by Crippen LogP contribution is -2.30. The molecule has 1 unspecified atom stereocenters. The van der Waals surface area contributed by atoms with Crippen molar-refractivity contribution in [2.45, 2.75) is 57.5 Å². The molecule has 0 amide bonds. The topological polar surface area (TPSA) is 76.0 Å². The van der Waals surface area contributed by atoms with E-state index < -0.39 is 6.10 Å². The van der Waals surface area contributed by atoms with Crippen LogP contribution in [0, 0.1) is 17.7 Å². The van der Waals surface area contributed by atoms with Crippen LogP contribution in [-0.4, -0.2) is 30.4 Å². The van der Waals surface area contributed by atoms with Gasteiger partial charge in [0.15, 0.2) is 0 Å². The van der Waals surface area contributed by atoms with Gasteiger partial charge in [-0.05, 0) is 90.5 Å². The summed E-state index contributed by atoms with van der Waals surface area (Å²) in [6, 6.07) is 17.6. The summed E-state index contributed by atoms with van der Waals surface area (Å²) in [5.74, 6) is 0.450. The Hall–Kier alpha value is -3.38. The normalized spacial score (nSPS) is 15.8. The van der Waals surface area contributed by atoms with E-state index >= 15 is 0 Å². The summed E-state index contributed by atoms with van der Waals surface area (Å²) in [4.78, 5) is 12.2. The second kappa shape index (κ2) is 12.4. The van der Waals surface area contributed by atoms with Gasteiger partial charge >= 0.3 is 5.97 Å². The molecular formula is C32H37FO5. The van der Waals surface area contributed by atoms with Crippen LogP contribution >= 0.6 is 0 Å². The number of aliphatic hydroxyl groups excluding tert-OH is 1. The van der Waals surface area contributed by atoms with Gasteiger partial charge < -0.3 is 19.7 Å². The molecule has 6 heteroatoms. The lowest BCUT2D eigenvalue weighted by molar-refractivity contribution is -0.146. The molecule has 0 radical (unpaired) electrons. The molecule has 0 saturated heterocycles. The van der Waals surface area contributed by atoms with Gasteiger partial charge in [0.25, 0.3) is 0 Å². The predicted octanol–water partition coefficient (Wildman–Crippen LogP) is 6.96. The van der Waals surface area contributed by atoms with Gasteiger partial charge in [0.05, 0.1) is 26.2 Å². The van der Waals surface area contributed by atoms with Crippen LogP contribution in [0.3, 0.4) is 0 Å². The highest BCUT2D eigenvalue weighted by molar-refractivity contribution is 5.73. The molecule has 0 heterocycles. The number of rotatable bonds is 11. The lowest BCUT2D eigenvalue weighted by Gasteiger charge is -2.37. The molecule has 1 aliphatic rings. The molecule has 1 aliphatic carbocycles. The number of aryl methyl sites for hydroxylation is 1. The van der Waals surface area contributed by atoms with Crippen molar-refractivity contribution in [3.8, 4) is 22.6 Å². The molecule has 0 aliphatic heterocycles. The van der Waals surface area contributed by atoms with Crippen molar-refractivity contribution in [3.05, 3.63) is 83.2 Å². The highest BCUT2D eigenvalue weighted by Crippen LogP contribution is 2.45. The zero-order valence-electron chi connectivity index (χ0n) is 22.3. The van der Waals surface area contributed by atoms with Crippen molar-refractivity contribution in [1.29, 1.82) is 0 Å². The number of methoxy groups -OCH3 is 2. The number of carbonyl (C=O) groups excluding carboxylic acids is 1. The van der Waals surface area contributed by atoms with Gasteiger partial charge in [-0.15, -0.1) is 0 Å². The third-order valence-electron chi connectivity index (χ3n) is 7.97. The molecule has 3 aromatic rings. The molecule has 0 spiro atoms. The Morgan fingerprint density at radius 2 is 1.74 bits per heavy atom. The van der Waals surface area contributed by atoms with Crippen LogP contribution in [-0.2, 0) is 16.0 Å². The first-order valence-electron chi connectivity index (χ1n) is 13.3. The van der Waals surface area contributed by atoms with Crippen molar-refractivity contribution in [1.82, 2.24) is 0 Å². The zero-order chi connectivity index (χ0) is 27.2. The highest BCUT2D eigenvalue weighted by Gasteiger charge is 2.36. The molecule has 4 rings (SSSR count). The lowest BCUT2D eigenvalue weighted by atomic mass is 9.68. The minimum absolute atomic E-state index is 0.0337. The van der Waals surface area contributed by atoms with E-state index in [2.05, 4.69) is 0 Å². The van der Waals surface area contributed by atoms with Crippen LogP contribution in [0.4, 0.5) is 4.39 Å². The van der Waals surface area contributed by atoms with Crippen LogP contribution in [0.15, 0.2) is 60.7 Å². The number of esters is 1. The van der Waals surface area contributed by atoms with E-state index in [0.717, 1.165) is 29.5 Å². The van der Waals surface area contributed by atoms with Crippen LogP contribution in [0.1, 0.15) is 67.7 Å². The number of benzene rings is 3. The molecule has 3 atom stereocenters. The molecule has 3 aromatic carbocycles. The molecule has 0 bridgehead atoms. The number of aromatic hydroxyl groups is 1. The van der Waals surface area contributed by atoms with E-state index in [9.17, 15) is 19.4 Å². The maximum atomic E-state index is 14.3. The van der Waals surface area contributed by atoms with Crippen LogP contribution in [0.2, 0.25) is 0 Å². The fourth-order valence-electron chi connectivity index (χ4n) is 5.49. The number of carbonyl (C=O) groups is 1. The van der Waals surface area contributed by atoms with Gasteiger partial charge in [0.1, 0.15) is 17.3 Å². The average Bonchev–Trinajstić information content (AvgIpc) is 2.91. The first-order chi connectivity index (χ1) is 18.3. The smallest absolute Gasteiger partial charge is 0.309 e. The Bertz CT molecular complexity index is 1240. The molecule has 0 aromatic heterocycles. The Kier molecular flexibility index (Phi) is 9.05. The number of phenols is 1. The molecule has 1 fully saturated rings. The number of aliphatic hydroxyl groups is 1. The first kappa shape index (κ1) is 27.6. The maximum absolute atomic E-state index is 14.3. The van der Waals surface area contributed by atoms with Gasteiger partial charge in [0.2, 0.25) is 0 Å². The number of hydrogen-bond donors (Lipinski definition) is 2. The number of hydrogen-bond acceptors (Lipinski definition) is 5. The Labute approximate surface area is 224 Å². The molecule has 1 saturated carbocycles. The second-order valence-electron chi connectivity index (χ2n) is 10.3. The van der Waals surface area contributed by atoms with Crippen molar-refractivity contribution in [2.75, 3.05) is 14.2 Å². The summed E-state index contributed by atoms with van der Waals surface area (Å²) >= 11 is 0. The van der Waals surface area contributed by atoms with E-state index in [-0.39, 0.29) is 29.4 Å². The standard InChI is InChI=1S/C32H37FO5/c1-20(32(36)38-3)31(24-7-4-8-24)25-15-14-22(30(35)18-25)6-5-9-29(34)23-12-10-21(11-13-23)27-19-26(37-2)16-17-28(27)33/h10-20,24,29,31,34-35H,4-9H2,1-3H3/t20-,29?,31-/m0/s1. The van der Waals surface area contributed by atoms with Crippen LogP contribution in [0.5, 0.6) is 11.5 Å². The zero-order valence-corrected chi connectivity index (χ0v) is 22.3. The molecule has 2 N–H and O–H groups in total. The summed E-state index contributed by atoms with van der Waals surface area (Å²) in [6.07, 6.45) is 4.51. The monoisotopic (exact) mass is 520 g/mol. The maximum Gasteiger partial charge on any atom is 0.309 e. The van der Waals surface area contributed by atoms with Crippen molar-refractivity contribution < 1.29 is 28.9 Å². The summed E-state index contributed by atoms with van der Waals surface area (Å²) in [6.45, 7) is 1.90. The summed E-state index contributed by atoms with van der Waals surface area (Å²) in [5.41, 5.74) is 3.72. The van der Waals surface area contributed by atoms with E-state index in [1.54, 1.807) is 37.4 Å². The van der Waals surface area contributed by atoms with Crippen molar-refractivity contribution in [2.24, 2.45) is 11.8 Å². The first-order valence-corrected chi connectivity index (χ1v) is 13.3. The van der Waals surface area contributed by atoms with Gasteiger partial charge in [0, 0.05) is 5.56 Å². The summed E-state index contributed by atoms with van der Waals surface area (Å²) in [5, 5.41) is 21.5. The fourth-order valence-corrected chi connectivity index (χ4v) is 5.49. The predicted molar refractivity (Wildman–Crippen MR) is 146 cm³/mol. The third-order valence-corrected chi connectivity index (χ3v) is 7.97. The summed E-state index contributed by atoms with van der Waals surface area (Å²) < 4.78 is 24.5. The van der Waals surface area contributed by atoms with E-state index in [4.69, 9.17) is 9.47 Å². The van der Waals surface area contributed by atoms with Crippen LogP contribution < -0.4 is 4.74 Å². The van der Waals surface area contributed by atoms with Gasteiger partial charge in [-0.1, -0.05) is 49.7 Å². The quantitative estimate of drug-likeness (QED) is 0.268. The Morgan fingerprint density at radius 3 is 2.34 bits per heavy atom. The largest absolute Gasteiger partial charge is 0.508 e. The Morgan fingerprint density at radius 1 is 1.03 bits per heavy atom. The van der Waals surface area contributed by atoms with Crippen molar-refractivity contribution >= 4 is 5.97 Å². The fraction of sp³-hybridized carbons (Fsp3) is 0.406. The van der Waals surface area contributed by atoms with E-state index in [0.29, 0.717) is 42.1 Å². The molecular weight excluding hydrogens is 483 g/mol. The van der Waals surface area contributed by atoms with E-state index in [1.807, 2.05) is 31.2 Å². The minimum Gasteiger partial charge on any atom is -0.508 e. The SMILES string of the molecule is COC(=O)[C@@H](C)[C@H](c1ccc(CCCC(O)c2ccc(-c3cc(OC)ccc3F)cc2)c(O)c1)C1CCC1.